The van der Waals surface area contributed by atoms with Crippen LogP contribution < -0.4 is 0 Å². The van der Waals surface area contributed by atoms with Crippen molar-refractivity contribution in [2.24, 2.45) is 0 Å². The molecule has 0 atom stereocenters. The molecule has 76 valence electrons. The molecule has 0 fully saturated rings. The maximum atomic E-state index is 11.0. The summed E-state index contributed by atoms with van der Waals surface area (Å²) in [7, 11) is 1.67. The van der Waals surface area contributed by atoms with Crippen LogP contribution in [-0.2, 0) is 11.3 Å². The van der Waals surface area contributed by atoms with Crippen LogP contribution >= 0.6 is 11.6 Å². The van der Waals surface area contributed by atoms with Crippen molar-refractivity contribution in [2.75, 3.05) is 7.05 Å². The highest BCUT2D eigenvalue weighted by Gasteiger charge is 2.07. The van der Waals surface area contributed by atoms with Crippen molar-refractivity contribution in [1.29, 1.82) is 0 Å². The third-order valence-electron chi connectivity index (χ3n) is 1.99. The highest BCUT2D eigenvalue weighted by atomic mass is 35.5. The predicted molar refractivity (Wildman–Crippen MR) is 55.3 cm³/mol. The molecule has 0 saturated heterocycles. The fourth-order valence-corrected chi connectivity index (χ4v) is 1.24. The summed E-state index contributed by atoms with van der Waals surface area (Å²) in [6, 6.07) is 4.77. The Morgan fingerprint density at radius 3 is 2.79 bits per heavy atom. The number of phenols is 1. The Bertz CT molecular complexity index is 352. The van der Waals surface area contributed by atoms with E-state index in [2.05, 4.69) is 0 Å². The second-order valence-electron chi connectivity index (χ2n) is 3.15. The van der Waals surface area contributed by atoms with Gasteiger partial charge in [0.2, 0.25) is 5.91 Å². The molecule has 0 spiro atoms. The number of rotatable bonds is 2. The maximum Gasteiger partial charge on any atom is 0.219 e. The molecule has 1 amide bonds. The standard InChI is InChI=1S/C10H12ClNO2/c1-7(13)12(2)6-8-5-9(11)3-4-10(8)14/h3-5,14H,6H2,1-2H3. The van der Waals surface area contributed by atoms with Crippen LogP contribution in [-0.4, -0.2) is 23.0 Å². The Kier molecular flexibility index (Phi) is 3.36. The molecule has 0 bridgehead atoms. The fourth-order valence-electron chi connectivity index (χ4n) is 1.05. The lowest BCUT2D eigenvalue weighted by Gasteiger charge is -2.15. The molecule has 0 radical (unpaired) electrons. The van der Waals surface area contributed by atoms with Gasteiger partial charge in [0.25, 0.3) is 0 Å². The lowest BCUT2D eigenvalue weighted by Crippen LogP contribution is -2.23. The highest BCUT2D eigenvalue weighted by molar-refractivity contribution is 6.30. The molecule has 0 heterocycles. The van der Waals surface area contributed by atoms with Gasteiger partial charge in [-0.3, -0.25) is 4.79 Å². The Labute approximate surface area is 87.9 Å². The van der Waals surface area contributed by atoms with E-state index in [0.717, 1.165) is 0 Å². The molecule has 0 aromatic heterocycles. The van der Waals surface area contributed by atoms with E-state index in [1.165, 1.54) is 17.9 Å². The van der Waals surface area contributed by atoms with Crippen LogP contribution in [0.3, 0.4) is 0 Å². The van der Waals surface area contributed by atoms with E-state index in [-0.39, 0.29) is 11.7 Å². The minimum absolute atomic E-state index is 0.0515. The Morgan fingerprint density at radius 2 is 2.21 bits per heavy atom. The number of hydrogen-bond acceptors (Lipinski definition) is 2. The summed E-state index contributed by atoms with van der Waals surface area (Å²) in [6.45, 7) is 1.84. The smallest absolute Gasteiger partial charge is 0.219 e. The van der Waals surface area contributed by atoms with E-state index in [0.29, 0.717) is 17.1 Å². The van der Waals surface area contributed by atoms with Gasteiger partial charge < -0.3 is 10.0 Å². The molecule has 3 nitrogen and oxygen atoms in total. The zero-order valence-electron chi connectivity index (χ0n) is 8.12. The third-order valence-corrected chi connectivity index (χ3v) is 2.22. The SMILES string of the molecule is CC(=O)N(C)Cc1cc(Cl)ccc1O. The molecule has 4 heteroatoms. The number of phenolic OH excluding ortho intramolecular Hbond substituents is 1. The van der Waals surface area contributed by atoms with Gasteiger partial charge in [0.15, 0.2) is 0 Å². The van der Waals surface area contributed by atoms with Crippen molar-refractivity contribution in [3.63, 3.8) is 0 Å². The molecule has 1 rings (SSSR count). The Hall–Kier alpha value is -1.22. The van der Waals surface area contributed by atoms with Crippen LogP contribution in [0.5, 0.6) is 5.75 Å². The number of aromatic hydroxyl groups is 1. The van der Waals surface area contributed by atoms with Gasteiger partial charge in [-0.2, -0.15) is 0 Å². The third kappa shape index (κ3) is 2.64. The first kappa shape index (κ1) is 10.9. The molecule has 0 aliphatic carbocycles. The first-order valence-corrected chi connectivity index (χ1v) is 4.57. The summed E-state index contributed by atoms with van der Waals surface area (Å²) in [6.07, 6.45) is 0. The number of hydrogen-bond donors (Lipinski definition) is 1. The van der Waals surface area contributed by atoms with Gasteiger partial charge in [0.1, 0.15) is 5.75 Å². The topological polar surface area (TPSA) is 40.5 Å². The van der Waals surface area contributed by atoms with Gasteiger partial charge >= 0.3 is 0 Å². The normalized spacial score (nSPS) is 9.93. The summed E-state index contributed by atoms with van der Waals surface area (Å²) in [4.78, 5) is 12.5. The van der Waals surface area contributed by atoms with E-state index in [9.17, 15) is 9.90 Å². The lowest BCUT2D eigenvalue weighted by atomic mass is 10.2. The first-order chi connectivity index (χ1) is 6.50. The molecule has 1 aromatic rings. The summed E-state index contributed by atoms with van der Waals surface area (Å²) < 4.78 is 0. The van der Waals surface area contributed by atoms with Crippen molar-refractivity contribution in [1.82, 2.24) is 4.90 Å². The van der Waals surface area contributed by atoms with Gasteiger partial charge in [-0.1, -0.05) is 11.6 Å². The van der Waals surface area contributed by atoms with Crippen LogP contribution in [0.15, 0.2) is 18.2 Å². The van der Waals surface area contributed by atoms with Crippen LogP contribution in [0.4, 0.5) is 0 Å². The quantitative estimate of drug-likeness (QED) is 0.817. The fraction of sp³-hybridized carbons (Fsp3) is 0.300. The van der Waals surface area contributed by atoms with Gasteiger partial charge in [0, 0.05) is 31.1 Å². The van der Waals surface area contributed by atoms with E-state index in [1.54, 1.807) is 19.2 Å². The van der Waals surface area contributed by atoms with E-state index in [1.807, 2.05) is 0 Å². The number of carbonyl (C=O) groups is 1. The van der Waals surface area contributed by atoms with E-state index in [4.69, 9.17) is 11.6 Å². The number of halogens is 1. The van der Waals surface area contributed by atoms with E-state index >= 15 is 0 Å². The molecular formula is C10H12ClNO2. The Morgan fingerprint density at radius 1 is 1.57 bits per heavy atom. The van der Waals surface area contributed by atoms with Crippen LogP contribution in [0.25, 0.3) is 0 Å². The summed E-state index contributed by atoms with van der Waals surface area (Å²) in [5.41, 5.74) is 0.648. The molecule has 14 heavy (non-hydrogen) atoms. The van der Waals surface area contributed by atoms with Crippen LogP contribution in [0.1, 0.15) is 12.5 Å². The molecule has 0 unspecified atom stereocenters. The number of benzene rings is 1. The Balaban J connectivity index is 2.85. The van der Waals surface area contributed by atoms with Gasteiger partial charge in [-0.25, -0.2) is 0 Å². The molecule has 0 aliphatic heterocycles. The monoisotopic (exact) mass is 213 g/mol. The lowest BCUT2D eigenvalue weighted by molar-refractivity contribution is -0.128. The largest absolute Gasteiger partial charge is 0.508 e. The maximum absolute atomic E-state index is 11.0. The molecule has 0 saturated carbocycles. The first-order valence-electron chi connectivity index (χ1n) is 4.20. The number of nitrogens with zero attached hydrogens (tertiary/aromatic N) is 1. The predicted octanol–water partition coefficient (Wildman–Crippen LogP) is 2.02. The summed E-state index contributed by atoms with van der Waals surface area (Å²) >= 11 is 5.77. The number of amides is 1. The van der Waals surface area contributed by atoms with Crippen LogP contribution in [0.2, 0.25) is 5.02 Å². The second-order valence-corrected chi connectivity index (χ2v) is 3.58. The zero-order chi connectivity index (χ0) is 10.7. The van der Waals surface area contributed by atoms with Crippen molar-refractivity contribution in [2.45, 2.75) is 13.5 Å². The second kappa shape index (κ2) is 4.33. The minimum atomic E-state index is -0.0515. The van der Waals surface area contributed by atoms with Gasteiger partial charge in [0.05, 0.1) is 0 Å². The van der Waals surface area contributed by atoms with Crippen LogP contribution in [0, 0.1) is 0 Å². The van der Waals surface area contributed by atoms with Crippen molar-refractivity contribution >= 4 is 17.5 Å². The average Bonchev–Trinajstić information content (AvgIpc) is 2.11. The van der Waals surface area contributed by atoms with Crippen molar-refractivity contribution in [3.8, 4) is 5.75 Å². The summed E-state index contributed by atoms with van der Waals surface area (Å²) in [5.74, 6) is 0.104. The van der Waals surface area contributed by atoms with Crippen molar-refractivity contribution in [3.05, 3.63) is 28.8 Å². The average molecular weight is 214 g/mol. The van der Waals surface area contributed by atoms with E-state index < -0.39 is 0 Å². The minimum Gasteiger partial charge on any atom is -0.508 e. The van der Waals surface area contributed by atoms with Gasteiger partial charge in [-0.05, 0) is 18.2 Å². The molecule has 1 N–H and O–H groups in total. The highest BCUT2D eigenvalue weighted by Crippen LogP contribution is 2.22. The molecular weight excluding hydrogens is 202 g/mol. The van der Waals surface area contributed by atoms with Gasteiger partial charge in [-0.15, -0.1) is 0 Å². The van der Waals surface area contributed by atoms with Crippen molar-refractivity contribution < 1.29 is 9.90 Å². The summed E-state index contributed by atoms with van der Waals surface area (Å²) in [5, 5.41) is 10.0. The number of carbonyl (C=O) groups excluding carboxylic acids is 1. The molecule has 1 aromatic carbocycles. The zero-order valence-corrected chi connectivity index (χ0v) is 8.88. The molecule has 0 aliphatic rings.